The summed E-state index contributed by atoms with van der Waals surface area (Å²) >= 11 is 0. The van der Waals surface area contributed by atoms with Gasteiger partial charge in [-0.25, -0.2) is 4.79 Å². The van der Waals surface area contributed by atoms with Crippen LogP contribution < -0.4 is 4.74 Å². The maximum Gasteiger partial charge on any atom is 0.326 e. The number of aryl methyl sites for hydroxylation is 1. The van der Waals surface area contributed by atoms with E-state index in [1.165, 1.54) is 4.90 Å². The predicted octanol–water partition coefficient (Wildman–Crippen LogP) is 1.07. The molecule has 7 heteroatoms. The maximum absolute atomic E-state index is 12.1. The van der Waals surface area contributed by atoms with Gasteiger partial charge in [-0.05, 0) is 30.8 Å². The minimum atomic E-state index is -0.970. The van der Waals surface area contributed by atoms with E-state index in [1.54, 1.807) is 13.0 Å². The Morgan fingerprint density at radius 3 is 2.95 bits per heavy atom. The first-order chi connectivity index (χ1) is 9.47. The third-order valence-corrected chi connectivity index (χ3v) is 3.42. The summed E-state index contributed by atoms with van der Waals surface area (Å²) in [5, 5.41) is 12.8. The van der Waals surface area contributed by atoms with Crippen molar-refractivity contribution in [2.75, 3.05) is 13.2 Å². The molecule has 1 N–H and O–H groups in total. The second-order valence-corrected chi connectivity index (χ2v) is 5.14. The van der Waals surface area contributed by atoms with Gasteiger partial charge in [0.05, 0.1) is 0 Å². The molecule has 1 amide bonds. The molecule has 2 heterocycles. The van der Waals surface area contributed by atoms with E-state index in [0.29, 0.717) is 24.6 Å². The van der Waals surface area contributed by atoms with E-state index in [0.717, 1.165) is 6.42 Å². The van der Waals surface area contributed by atoms with E-state index in [4.69, 9.17) is 9.26 Å². The molecule has 0 aliphatic carbocycles. The number of ether oxygens (including phenoxy) is 1. The lowest BCUT2D eigenvalue weighted by Crippen LogP contribution is -2.51. The van der Waals surface area contributed by atoms with Crippen LogP contribution in [0.4, 0.5) is 0 Å². The summed E-state index contributed by atoms with van der Waals surface area (Å²) in [4.78, 5) is 24.7. The van der Waals surface area contributed by atoms with Crippen molar-refractivity contribution in [2.24, 2.45) is 5.92 Å². The van der Waals surface area contributed by atoms with Crippen LogP contribution in [0.3, 0.4) is 0 Å². The van der Waals surface area contributed by atoms with Crippen LogP contribution in [-0.4, -0.2) is 46.2 Å². The second-order valence-electron chi connectivity index (χ2n) is 5.14. The smallest absolute Gasteiger partial charge is 0.326 e. The zero-order valence-corrected chi connectivity index (χ0v) is 11.5. The van der Waals surface area contributed by atoms with E-state index >= 15 is 0 Å². The maximum atomic E-state index is 12.1. The number of amides is 1. The summed E-state index contributed by atoms with van der Waals surface area (Å²) in [5.74, 6) is -0.192. The third-order valence-electron chi connectivity index (χ3n) is 3.42. The number of carbonyl (C=O) groups excluding carboxylic acids is 1. The number of carboxylic acid groups (broad SMARTS) is 1. The first kappa shape index (κ1) is 14.4. The summed E-state index contributed by atoms with van der Waals surface area (Å²) in [7, 11) is 0. The monoisotopic (exact) mass is 282 g/mol. The molecule has 1 aliphatic heterocycles. The van der Waals surface area contributed by atoms with Crippen LogP contribution in [0.25, 0.3) is 0 Å². The molecule has 0 aromatic carbocycles. The van der Waals surface area contributed by atoms with Gasteiger partial charge in [0.2, 0.25) is 0 Å². The first-order valence-corrected chi connectivity index (χ1v) is 6.55. The van der Waals surface area contributed by atoms with Gasteiger partial charge in [0.1, 0.15) is 11.8 Å². The summed E-state index contributed by atoms with van der Waals surface area (Å²) in [5.41, 5.74) is 0. The molecule has 1 saturated heterocycles. The minimum Gasteiger partial charge on any atom is -0.480 e. The van der Waals surface area contributed by atoms with Crippen molar-refractivity contribution in [2.45, 2.75) is 32.7 Å². The fourth-order valence-electron chi connectivity index (χ4n) is 2.30. The second kappa shape index (κ2) is 5.94. The molecule has 2 atom stereocenters. The van der Waals surface area contributed by atoms with Crippen LogP contribution in [0.1, 0.15) is 25.5 Å². The number of carboxylic acids is 1. The van der Waals surface area contributed by atoms with Crippen LogP contribution in [0.5, 0.6) is 5.88 Å². The van der Waals surface area contributed by atoms with Crippen molar-refractivity contribution < 1.29 is 24.0 Å². The number of piperidine rings is 1. The number of rotatable bonds is 4. The average Bonchev–Trinajstić information content (AvgIpc) is 2.81. The topological polar surface area (TPSA) is 92.9 Å². The molecule has 20 heavy (non-hydrogen) atoms. The molecule has 0 spiro atoms. The molecule has 2 rings (SSSR count). The van der Waals surface area contributed by atoms with Gasteiger partial charge in [0.25, 0.3) is 11.8 Å². The third kappa shape index (κ3) is 3.28. The van der Waals surface area contributed by atoms with E-state index < -0.39 is 12.0 Å². The average molecular weight is 282 g/mol. The van der Waals surface area contributed by atoms with Crippen LogP contribution in [-0.2, 0) is 9.59 Å². The van der Waals surface area contributed by atoms with Gasteiger partial charge in [-0.3, -0.25) is 4.79 Å². The highest BCUT2D eigenvalue weighted by molar-refractivity contribution is 5.84. The molecular weight excluding hydrogens is 264 g/mol. The van der Waals surface area contributed by atoms with Crippen molar-refractivity contribution in [1.82, 2.24) is 10.1 Å². The molecule has 1 aliphatic rings. The summed E-state index contributed by atoms with van der Waals surface area (Å²) in [6.07, 6.45) is 1.28. The number of hydrogen-bond donors (Lipinski definition) is 1. The number of likely N-dealkylation sites (tertiary alicyclic amines) is 1. The van der Waals surface area contributed by atoms with Gasteiger partial charge in [0, 0.05) is 12.6 Å². The van der Waals surface area contributed by atoms with Crippen molar-refractivity contribution in [3.05, 3.63) is 11.8 Å². The largest absolute Gasteiger partial charge is 0.480 e. The van der Waals surface area contributed by atoms with E-state index in [2.05, 4.69) is 5.16 Å². The Hall–Kier alpha value is -2.05. The summed E-state index contributed by atoms with van der Waals surface area (Å²) in [6.45, 7) is 3.92. The van der Waals surface area contributed by atoms with E-state index in [1.807, 2.05) is 6.92 Å². The van der Waals surface area contributed by atoms with E-state index in [9.17, 15) is 14.7 Å². The molecule has 0 radical (unpaired) electrons. The summed E-state index contributed by atoms with van der Waals surface area (Å²) in [6, 6.07) is 0.800. The first-order valence-electron chi connectivity index (χ1n) is 6.55. The van der Waals surface area contributed by atoms with Gasteiger partial charge < -0.3 is 19.3 Å². The normalized spacial score (nSPS) is 22.6. The van der Waals surface area contributed by atoms with Crippen LogP contribution in [0.2, 0.25) is 0 Å². The minimum absolute atomic E-state index is 0.230. The Bertz CT molecular complexity index is 499. The van der Waals surface area contributed by atoms with Crippen LogP contribution in [0.15, 0.2) is 10.6 Å². The highest BCUT2D eigenvalue weighted by Crippen LogP contribution is 2.23. The number of carbonyl (C=O) groups is 2. The number of aliphatic carboxylic acids is 1. The molecular formula is C13H18N2O5. The Balaban J connectivity index is 1.94. The highest BCUT2D eigenvalue weighted by Gasteiger charge is 2.34. The Morgan fingerprint density at radius 2 is 2.35 bits per heavy atom. The summed E-state index contributed by atoms with van der Waals surface area (Å²) < 4.78 is 10.0. The molecule has 110 valence electrons. The molecule has 1 aromatic rings. The lowest BCUT2D eigenvalue weighted by molar-refractivity contribution is -0.153. The van der Waals surface area contributed by atoms with Crippen molar-refractivity contribution in [3.8, 4) is 5.88 Å². The van der Waals surface area contributed by atoms with Gasteiger partial charge >= 0.3 is 5.97 Å². The van der Waals surface area contributed by atoms with Crippen LogP contribution >= 0.6 is 0 Å². The number of hydrogen-bond acceptors (Lipinski definition) is 5. The fraction of sp³-hybridized carbons (Fsp3) is 0.615. The lowest BCUT2D eigenvalue weighted by atomic mass is 9.92. The molecule has 1 fully saturated rings. The highest BCUT2D eigenvalue weighted by atomic mass is 16.5. The Labute approximate surface area is 116 Å². The van der Waals surface area contributed by atoms with Gasteiger partial charge in [-0.15, -0.1) is 0 Å². The van der Waals surface area contributed by atoms with Crippen LogP contribution in [0, 0.1) is 12.8 Å². The zero-order valence-electron chi connectivity index (χ0n) is 11.5. The SMILES string of the molecule is Cc1cc(OCC(=O)N2CCC(C)CC2C(=O)O)no1. The fourth-order valence-corrected chi connectivity index (χ4v) is 2.30. The zero-order chi connectivity index (χ0) is 14.7. The molecule has 0 saturated carbocycles. The molecule has 2 unspecified atom stereocenters. The quantitative estimate of drug-likeness (QED) is 0.888. The van der Waals surface area contributed by atoms with Gasteiger partial charge in [-0.1, -0.05) is 6.92 Å². The molecule has 7 nitrogen and oxygen atoms in total. The Morgan fingerprint density at radius 1 is 1.60 bits per heavy atom. The molecule has 0 bridgehead atoms. The predicted molar refractivity (Wildman–Crippen MR) is 68.3 cm³/mol. The van der Waals surface area contributed by atoms with Crippen molar-refractivity contribution >= 4 is 11.9 Å². The van der Waals surface area contributed by atoms with Gasteiger partial charge in [0.15, 0.2) is 6.61 Å². The standard InChI is InChI=1S/C13H18N2O5/c1-8-3-4-15(10(5-8)13(17)18)12(16)7-19-11-6-9(2)20-14-11/h6,8,10H,3-5,7H2,1-2H3,(H,17,18). The Kier molecular flexibility index (Phi) is 4.26. The van der Waals surface area contributed by atoms with Gasteiger partial charge in [-0.2, -0.15) is 0 Å². The van der Waals surface area contributed by atoms with Crippen molar-refractivity contribution in [3.63, 3.8) is 0 Å². The van der Waals surface area contributed by atoms with E-state index in [-0.39, 0.29) is 18.4 Å². The lowest BCUT2D eigenvalue weighted by Gasteiger charge is -2.35. The van der Waals surface area contributed by atoms with Crippen molar-refractivity contribution in [1.29, 1.82) is 0 Å². The molecule has 1 aromatic heterocycles. The number of nitrogens with zero attached hydrogens (tertiary/aromatic N) is 2. The number of aromatic nitrogens is 1.